The van der Waals surface area contributed by atoms with Crippen molar-refractivity contribution >= 4 is 17.5 Å². The van der Waals surface area contributed by atoms with Gasteiger partial charge in [-0.05, 0) is 20.0 Å². The lowest BCUT2D eigenvalue weighted by Gasteiger charge is -2.25. The van der Waals surface area contributed by atoms with Crippen LogP contribution < -0.4 is 0 Å². The molecule has 0 heterocycles. The molecule has 0 unspecified atom stereocenters. The topological polar surface area (TPSA) is 23.6 Å². The van der Waals surface area contributed by atoms with E-state index in [2.05, 4.69) is 18.7 Å². The van der Waals surface area contributed by atoms with Gasteiger partial charge in [0.25, 0.3) is 0 Å². The summed E-state index contributed by atoms with van der Waals surface area (Å²) in [5.74, 6) is 0.603. The van der Waals surface area contributed by atoms with Crippen LogP contribution in [-0.2, 0) is 4.79 Å². The molecule has 0 aliphatic rings. The number of hydrogen-bond acceptors (Lipinski definition) is 2. The lowest BCUT2D eigenvalue weighted by molar-refractivity contribution is -0.129. The van der Waals surface area contributed by atoms with Crippen LogP contribution in [0.2, 0.25) is 0 Å². The summed E-state index contributed by atoms with van der Waals surface area (Å²) in [5.41, 5.74) is 0. The molecule has 0 aromatic rings. The SMILES string of the molecule is CC(C)CN(CCN(C)C)C(=O)CCl. The van der Waals surface area contributed by atoms with Crippen molar-refractivity contribution in [2.45, 2.75) is 13.8 Å². The summed E-state index contributed by atoms with van der Waals surface area (Å²) in [7, 11) is 4.00. The molecule has 84 valence electrons. The summed E-state index contributed by atoms with van der Waals surface area (Å²) in [4.78, 5) is 15.3. The maximum atomic E-state index is 11.4. The van der Waals surface area contributed by atoms with Crippen molar-refractivity contribution < 1.29 is 4.79 Å². The molecule has 0 aromatic heterocycles. The van der Waals surface area contributed by atoms with E-state index in [1.54, 1.807) is 0 Å². The quantitative estimate of drug-likeness (QED) is 0.630. The Morgan fingerprint density at radius 2 is 1.86 bits per heavy atom. The zero-order valence-electron chi connectivity index (χ0n) is 9.59. The minimum Gasteiger partial charge on any atom is -0.340 e. The molecule has 0 rings (SSSR count). The van der Waals surface area contributed by atoms with E-state index in [9.17, 15) is 4.79 Å². The molecular weight excluding hydrogens is 200 g/mol. The van der Waals surface area contributed by atoms with Gasteiger partial charge in [0.2, 0.25) is 5.91 Å². The first-order chi connectivity index (χ1) is 6.47. The summed E-state index contributed by atoms with van der Waals surface area (Å²) >= 11 is 5.54. The van der Waals surface area contributed by atoms with Crippen LogP contribution in [0.1, 0.15) is 13.8 Å². The molecule has 0 saturated carbocycles. The van der Waals surface area contributed by atoms with Crippen LogP contribution in [-0.4, -0.2) is 55.3 Å². The highest BCUT2D eigenvalue weighted by molar-refractivity contribution is 6.27. The van der Waals surface area contributed by atoms with Crippen molar-refractivity contribution in [2.75, 3.05) is 39.6 Å². The van der Waals surface area contributed by atoms with Crippen molar-refractivity contribution in [3.8, 4) is 0 Å². The Morgan fingerprint density at radius 3 is 2.21 bits per heavy atom. The molecule has 0 radical (unpaired) electrons. The molecule has 0 saturated heterocycles. The number of amides is 1. The minimum absolute atomic E-state index is 0.0298. The fourth-order valence-electron chi connectivity index (χ4n) is 1.16. The largest absolute Gasteiger partial charge is 0.340 e. The maximum Gasteiger partial charge on any atom is 0.237 e. The molecule has 1 amide bonds. The highest BCUT2D eigenvalue weighted by Crippen LogP contribution is 2.00. The third-order valence-corrected chi connectivity index (χ3v) is 2.10. The molecule has 0 N–H and O–H groups in total. The molecule has 0 spiro atoms. The van der Waals surface area contributed by atoms with E-state index in [1.165, 1.54) is 0 Å². The number of carbonyl (C=O) groups is 1. The van der Waals surface area contributed by atoms with Crippen LogP contribution >= 0.6 is 11.6 Å². The van der Waals surface area contributed by atoms with Gasteiger partial charge in [-0.15, -0.1) is 11.6 Å². The van der Waals surface area contributed by atoms with E-state index < -0.39 is 0 Å². The van der Waals surface area contributed by atoms with Crippen LogP contribution in [0, 0.1) is 5.92 Å². The third kappa shape index (κ3) is 6.22. The first kappa shape index (κ1) is 13.7. The second-order valence-electron chi connectivity index (χ2n) is 4.17. The van der Waals surface area contributed by atoms with E-state index in [4.69, 9.17) is 11.6 Å². The highest BCUT2D eigenvalue weighted by atomic mass is 35.5. The molecule has 0 aliphatic carbocycles. The van der Waals surface area contributed by atoms with Crippen molar-refractivity contribution in [2.24, 2.45) is 5.92 Å². The summed E-state index contributed by atoms with van der Waals surface area (Å²) in [6, 6.07) is 0. The van der Waals surface area contributed by atoms with E-state index >= 15 is 0 Å². The van der Waals surface area contributed by atoms with Gasteiger partial charge in [-0.1, -0.05) is 13.8 Å². The van der Waals surface area contributed by atoms with E-state index in [1.807, 2.05) is 19.0 Å². The van der Waals surface area contributed by atoms with Crippen LogP contribution in [0.15, 0.2) is 0 Å². The molecule has 0 atom stereocenters. The van der Waals surface area contributed by atoms with Crippen LogP contribution in [0.25, 0.3) is 0 Å². The zero-order valence-corrected chi connectivity index (χ0v) is 10.3. The van der Waals surface area contributed by atoms with Gasteiger partial charge in [-0.25, -0.2) is 0 Å². The second-order valence-corrected chi connectivity index (χ2v) is 4.44. The average Bonchev–Trinajstić information content (AvgIpc) is 2.10. The van der Waals surface area contributed by atoms with Gasteiger partial charge in [0, 0.05) is 19.6 Å². The van der Waals surface area contributed by atoms with Crippen LogP contribution in [0.5, 0.6) is 0 Å². The van der Waals surface area contributed by atoms with Gasteiger partial charge < -0.3 is 9.80 Å². The van der Waals surface area contributed by atoms with Crippen molar-refractivity contribution in [3.63, 3.8) is 0 Å². The first-order valence-corrected chi connectivity index (χ1v) is 5.49. The Balaban J connectivity index is 4.04. The lowest BCUT2D eigenvalue weighted by Crippen LogP contribution is -2.39. The number of hydrogen-bond donors (Lipinski definition) is 0. The highest BCUT2D eigenvalue weighted by Gasteiger charge is 2.13. The van der Waals surface area contributed by atoms with Gasteiger partial charge in [0.15, 0.2) is 0 Å². The molecule has 0 aromatic carbocycles. The van der Waals surface area contributed by atoms with Gasteiger partial charge in [-0.3, -0.25) is 4.79 Å². The van der Waals surface area contributed by atoms with Crippen molar-refractivity contribution in [3.05, 3.63) is 0 Å². The van der Waals surface area contributed by atoms with Gasteiger partial charge >= 0.3 is 0 Å². The first-order valence-electron chi connectivity index (χ1n) is 4.95. The van der Waals surface area contributed by atoms with Crippen LogP contribution in [0.4, 0.5) is 0 Å². The third-order valence-electron chi connectivity index (χ3n) is 1.87. The summed E-state index contributed by atoms with van der Waals surface area (Å²) in [5, 5.41) is 0. The number of likely N-dealkylation sites (N-methyl/N-ethyl adjacent to an activating group) is 1. The molecular formula is C10H21ClN2O. The molecule has 4 heteroatoms. The monoisotopic (exact) mass is 220 g/mol. The normalized spacial score (nSPS) is 11.1. The average molecular weight is 221 g/mol. The van der Waals surface area contributed by atoms with E-state index in [0.29, 0.717) is 5.92 Å². The minimum atomic E-state index is 0.0298. The lowest BCUT2D eigenvalue weighted by atomic mass is 10.2. The van der Waals surface area contributed by atoms with Gasteiger partial charge in [-0.2, -0.15) is 0 Å². The Morgan fingerprint density at radius 1 is 1.29 bits per heavy atom. The summed E-state index contributed by atoms with van der Waals surface area (Å²) < 4.78 is 0. The molecule has 0 bridgehead atoms. The smallest absolute Gasteiger partial charge is 0.237 e. The summed E-state index contributed by atoms with van der Waals surface area (Å²) in [6.45, 7) is 6.64. The fourth-order valence-corrected chi connectivity index (χ4v) is 1.33. The number of rotatable bonds is 6. The second kappa shape index (κ2) is 7.07. The predicted octanol–water partition coefficient (Wildman–Crippen LogP) is 1.27. The zero-order chi connectivity index (χ0) is 11.1. The number of alkyl halides is 1. The molecule has 0 aliphatic heterocycles. The van der Waals surface area contributed by atoms with Gasteiger partial charge in [0.05, 0.1) is 0 Å². The number of carbonyl (C=O) groups excluding carboxylic acids is 1. The molecule has 0 fully saturated rings. The van der Waals surface area contributed by atoms with Crippen molar-refractivity contribution in [1.82, 2.24) is 9.80 Å². The standard InChI is InChI=1S/C10H21ClN2O/c1-9(2)8-13(10(14)7-11)6-5-12(3)4/h9H,5-8H2,1-4H3. The molecule has 3 nitrogen and oxygen atoms in total. The Bertz CT molecular complexity index is 172. The Kier molecular flexibility index (Phi) is 6.93. The number of halogens is 1. The van der Waals surface area contributed by atoms with Gasteiger partial charge in [0.1, 0.15) is 5.88 Å². The maximum absolute atomic E-state index is 11.4. The Hall–Kier alpha value is -0.280. The predicted molar refractivity (Wildman–Crippen MR) is 60.7 cm³/mol. The molecule has 14 heavy (non-hydrogen) atoms. The summed E-state index contributed by atoms with van der Waals surface area (Å²) in [6.07, 6.45) is 0. The van der Waals surface area contributed by atoms with E-state index in [-0.39, 0.29) is 11.8 Å². The van der Waals surface area contributed by atoms with Crippen LogP contribution in [0.3, 0.4) is 0 Å². The Labute approximate surface area is 92.0 Å². The van der Waals surface area contributed by atoms with E-state index in [0.717, 1.165) is 19.6 Å². The number of nitrogens with zero attached hydrogens (tertiary/aromatic N) is 2. The fraction of sp³-hybridized carbons (Fsp3) is 0.900. The van der Waals surface area contributed by atoms with Crippen molar-refractivity contribution in [1.29, 1.82) is 0 Å².